The number of likely N-dealkylation sites (tertiary alicyclic amines) is 1. The molecule has 0 amide bonds. The van der Waals surface area contributed by atoms with Gasteiger partial charge in [0, 0.05) is 42.8 Å². The Balaban J connectivity index is 1.42. The maximum atomic E-state index is 13.8. The minimum Gasteiger partial charge on any atom is -0.298 e. The van der Waals surface area contributed by atoms with Crippen molar-refractivity contribution in [2.75, 3.05) is 19.6 Å². The zero-order valence-electron chi connectivity index (χ0n) is 20.4. The summed E-state index contributed by atoms with van der Waals surface area (Å²) in [6, 6.07) is 24.2. The van der Waals surface area contributed by atoms with Crippen molar-refractivity contribution >= 4 is 31.6 Å². The van der Waals surface area contributed by atoms with E-state index in [1.807, 2.05) is 30.3 Å². The minimum atomic E-state index is -4.01. The van der Waals surface area contributed by atoms with Gasteiger partial charge >= 0.3 is 0 Å². The Morgan fingerprint density at radius 1 is 0.919 bits per heavy atom. The second-order valence-corrected chi connectivity index (χ2v) is 12.8. The summed E-state index contributed by atoms with van der Waals surface area (Å²) >= 11 is 3.57. The van der Waals surface area contributed by atoms with E-state index in [-0.39, 0.29) is 28.5 Å². The van der Waals surface area contributed by atoms with Gasteiger partial charge in [-0.15, -0.1) is 0 Å². The summed E-state index contributed by atoms with van der Waals surface area (Å²) in [6.07, 6.45) is 2.42. The van der Waals surface area contributed by atoms with E-state index in [0.29, 0.717) is 6.54 Å². The molecule has 7 nitrogen and oxygen atoms in total. The molecule has 1 aliphatic heterocycles. The zero-order valence-corrected chi connectivity index (χ0v) is 22.9. The van der Waals surface area contributed by atoms with Gasteiger partial charge in [0.15, 0.2) is 4.90 Å². The molecule has 1 saturated carbocycles. The van der Waals surface area contributed by atoms with E-state index in [9.17, 15) is 18.5 Å². The Bertz CT molecular complexity index is 1360. The molecule has 1 aliphatic carbocycles. The van der Waals surface area contributed by atoms with Crippen LogP contribution in [0.4, 0.5) is 5.69 Å². The summed E-state index contributed by atoms with van der Waals surface area (Å²) in [5.74, 6) is 0.376. The van der Waals surface area contributed by atoms with Crippen molar-refractivity contribution in [2.24, 2.45) is 11.8 Å². The molecule has 2 atom stereocenters. The van der Waals surface area contributed by atoms with Crippen LogP contribution in [0.25, 0.3) is 0 Å². The van der Waals surface area contributed by atoms with Crippen molar-refractivity contribution in [3.8, 4) is 0 Å². The molecule has 5 rings (SSSR count). The fourth-order valence-corrected chi connectivity index (χ4v) is 7.75. The predicted molar refractivity (Wildman–Crippen MR) is 147 cm³/mol. The Morgan fingerprint density at radius 3 is 2.30 bits per heavy atom. The lowest BCUT2D eigenvalue weighted by Crippen LogP contribution is -2.39. The van der Waals surface area contributed by atoms with Crippen molar-refractivity contribution in [1.82, 2.24) is 9.21 Å². The van der Waals surface area contributed by atoms with E-state index in [0.717, 1.165) is 43.4 Å². The molecule has 1 heterocycles. The maximum absolute atomic E-state index is 13.8. The van der Waals surface area contributed by atoms with Gasteiger partial charge in [0.2, 0.25) is 10.0 Å². The largest absolute Gasteiger partial charge is 0.298 e. The van der Waals surface area contributed by atoms with Crippen molar-refractivity contribution < 1.29 is 13.3 Å². The van der Waals surface area contributed by atoms with E-state index < -0.39 is 14.9 Å². The molecule has 3 aromatic rings. The molecule has 9 heteroatoms. The molecule has 2 fully saturated rings. The van der Waals surface area contributed by atoms with Gasteiger partial charge in [0.25, 0.3) is 5.69 Å². The number of hydrogen-bond acceptors (Lipinski definition) is 5. The fourth-order valence-electron chi connectivity index (χ4n) is 5.40. The second kappa shape index (κ2) is 11.0. The summed E-state index contributed by atoms with van der Waals surface area (Å²) in [4.78, 5) is 13.2. The van der Waals surface area contributed by atoms with Crippen LogP contribution in [0.5, 0.6) is 0 Å². The lowest BCUT2D eigenvalue weighted by molar-refractivity contribution is -0.387. The van der Waals surface area contributed by atoms with Crippen LogP contribution in [-0.4, -0.2) is 48.2 Å². The van der Waals surface area contributed by atoms with E-state index in [1.165, 1.54) is 29.3 Å². The first-order valence-corrected chi connectivity index (χ1v) is 14.8. The Hall–Kier alpha value is -2.59. The van der Waals surface area contributed by atoms with Gasteiger partial charge in [0.05, 0.1) is 4.92 Å². The molecule has 37 heavy (non-hydrogen) atoms. The monoisotopic (exact) mass is 583 g/mol. The summed E-state index contributed by atoms with van der Waals surface area (Å²) < 4.78 is 30.2. The van der Waals surface area contributed by atoms with Crippen molar-refractivity contribution in [1.29, 1.82) is 0 Å². The lowest BCUT2D eigenvalue weighted by Gasteiger charge is -2.28. The van der Waals surface area contributed by atoms with Gasteiger partial charge in [-0.05, 0) is 60.4 Å². The highest BCUT2D eigenvalue weighted by atomic mass is 79.9. The third-order valence-corrected chi connectivity index (χ3v) is 9.76. The third-order valence-electron chi connectivity index (χ3n) is 7.31. The number of sulfonamides is 1. The predicted octanol–water partition coefficient (Wildman–Crippen LogP) is 5.50. The summed E-state index contributed by atoms with van der Waals surface area (Å²) in [7, 11) is -4.01. The van der Waals surface area contributed by atoms with Crippen molar-refractivity contribution in [2.45, 2.75) is 36.7 Å². The van der Waals surface area contributed by atoms with Crippen molar-refractivity contribution in [3.63, 3.8) is 0 Å². The molecule has 194 valence electrons. The van der Waals surface area contributed by atoms with Crippen LogP contribution in [0, 0.1) is 22.0 Å². The van der Waals surface area contributed by atoms with E-state index in [1.54, 1.807) is 10.4 Å². The summed E-state index contributed by atoms with van der Waals surface area (Å²) in [5.41, 5.74) is 2.08. The number of para-hydroxylation sites is 1. The Kier molecular flexibility index (Phi) is 7.76. The number of rotatable bonds is 10. The summed E-state index contributed by atoms with van der Waals surface area (Å²) in [6.45, 7) is 2.83. The smallest absolute Gasteiger partial charge is 0.289 e. The molecule has 0 spiro atoms. The van der Waals surface area contributed by atoms with E-state index in [4.69, 9.17) is 0 Å². The Labute approximate surface area is 226 Å². The molecule has 2 aliphatic rings. The first kappa shape index (κ1) is 26.0. The topological polar surface area (TPSA) is 83.8 Å². The molecular formula is C28H30BrN3O4S. The molecule has 0 unspecified atom stereocenters. The highest BCUT2D eigenvalue weighted by Crippen LogP contribution is 2.38. The average molecular weight is 585 g/mol. The number of halogens is 1. The van der Waals surface area contributed by atoms with Gasteiger partial charge in [-0.3, -0.25) is 15.0 Å². The number of nitro groups is 1. The van der Waals surface area contributed by atoms with Gasteiger partial charge < -0.3 is 0 Å². The fraction of sp³-hybridized carbons (Fsp3) is 0.357. The van der Waals surface area contributed by atoms with Gasteiger partial charge in [-0.2, -0.15) is 4.31 Å². The number of nitro benzene ring substituents is 1. The van der Waals surface area contributed by atoms with Gasteiger partial charge in [0.1, 0.15) is 0 Å². The average Bonchev–Trinajstić information content (AvgIpc) is 3.65. The van der Waals surface area contributed by atoms with Crippen LogP contribution in [-0.2, 0) is 23.0 Å². The molecule has 0 N–H and O–H groups in total. The summed E-state index contributed by atoms with van der Waals surface area (Å²) in [5, 5.41) is 11.6. The molecule has 0 bridgehead atoms. The van der Waals surface area contributed by atoms with E-state index >= 15 is 0 Å². The normalized spacial score (nSPS) is 20.4. The molecule has 3 aromatic carbocycles. The van der Waals surface area contributed by atoms with Gasteiger partial charge in [-0.25, -0.2) is 8.42 Å². The lowest BCUT2D eigenvalue weighted by atomic mass is 9.89. The number of nitrogens with zero attached hydrogens (tertiary/aromatic N) is 3. The quantitative estimate of drug-likeness (QED) is 0.232. The van der Waals surface area contributed by atoms with Crippen LogP contribution in [0.1, 0.15) is 24.0 Å². The minimum absolute atomic E-state index is 0.0977. The first-order chi connectivity index (χ1) is 17.8. The van der Waals surface area contributed by atoms with Crippen LogP contribution < -0.4 is 0 Å². The zero-order chi connectivity index (χ0) is 26.0. The SMILES string of the molecule is O=[N+]([O-])c1ccccc1S(=O)(=O)N(C[C@@H]1CN(Cc2ccccc2)C[C@H]1Cc1cccc(Br)c1)C1CC1. The standard InChI is InChI=1S/C28H30BrN3O4S/c29-25-10-6-9-22(16-25)15-23-18-30(17-21-7-2-1-3-8-21)19-24(23)20-31(26-13-14-26)37(35,36)28-12-5-4-11-27(28)32(33)34/h1-12,16,23-24,26H,13-15,17-20H2/t23-,24+/m1/s1. The van der Waals surface area contributed by atoms with Gasteiger partial charge in [-0.1, -0.05) is 70.5 Å². The maximum Gasteiger partial charge on any atom is 0.289 e. The van der Waals surface area contributed by atoms with Crippen LogP contribution in [0.2, 0.25) is 0 Å². The third kappa shape index (κ3) is 6.12. The number of benzene rings is 3. The van der Waals surface area contributed by atoms with E-state index in [2.05, 4.69) is 45.1 Å². The molecule has 0 radical (unpaired) electrons. The highest BCUT2D eigenvalue weighted by molar-refractivity contribution is 9.10. The number of hydrogen-bond donors (Lipinski definition) is 0. The van der Waals surface area contributed by atoms with Crippen LogP contribution >= 0.6 is 15.9 Å². The first-order valence-electron chi connectivity index (χ1n) is 12.6. The highest BCUT2D eigenvalue weighted by Gasteiger charge is 2.44. The Morgan fingerprint density at radius 2 is 1.59 bits per heavy atom. The molecular weight excluding hydrogens is 554 g/mol. The van der Waals surface area contributed by atoms with Crippen LogP contribution in [0.3, 0.4) is 0 Å². The molecule has 1 saturated heterocycles. The van der Waals surface area contributed by atoms with Crippen LogP contribution in [0.15, 0.2) is 88.2 Å². The van der Waals surface area contributed by atoms with Crippen molar-refractivity contribution in [3.05, 3.63) is 105 Å². The second-order valence-electron chi connectivity index (χ2n) is 10.1. The molecule has 0 aromatic heterocycles.